The van der Waals surface area contributed by atoms with E-state index in [1.165, 1.54) is 0 Å². The van der Waals surface area contributed by atoms with Crippen LogP contribution in [0.1, 0.15) is 32.1 Å². The summed E-state index contributed by atoms with van der Waals surface area (Å²) in [5, 5.41) is 0. The fraction of sp³-hybridized carbons (Fsp3) is 0.500. The fourth-order valence-electron chi connectivity index (χ4n) is 2.63. The molecule has 1 aromatic carbocycles. The van der Waals surface area contributed by atoms with E-state index in [4.69, 9.17) is 11.6 Å². The number of imidazole rings is 1. The minimum atomic E-state index is -0.246. The quantitative estimate of drug-likeness (QED) is 0.738. The normalized spacial score (nSPS) is 21.0. The molecule has 1 fully saturated rings. The molecule has 0 spiro atoms. The van der Waals surface area contributed by atoms with E-state index in [-0.39, 0.29) is 11.2 Å². The fourth-order valence-corrected chi connectivity index (χ4v) is 3.13. The highest BCUT2D eigenvalue weighted by Crippen LogP contribution is 2.56. The van der Waals surface area contributed by atoms with E-state index in [1.54, 1.807) is 12.1 Å². The number of hydrogen-bond donors (Lipinski definition) is 0. The molecule has 5 heteroatoms. The van der Waals surface area contributed by atoms with Gasteiger partial charge in [0.05, 0.1) is 15.5 Å². The van der Waals surface area contributed by atoms with Crippen molar-refractivity contribution in [2.45, 2.75) is 32.7 Å². The van der Waals surface area contributed by atoms with E-state index in [1.807, 2.05) is 0 Å². The summed E-state index contributed by atoms with van der Waals surface area (Å²) in [6, 6.07) is 3.71. The van der Waals surface area contributed by atoms with Gasteiger partial charge in [-0.25, -0.2) is 9.37 Å². The van der Waals surface area contributed by atoms with Gasteiger partial charge in [-0.3, -0.25) is 0 Å². The number of aromatic nitrogens is 2. The first-order valence-electron chi connectivity index (χ1n) is 6.36. The first-order valence-corrected chi connectivity index (χ1v) is 7.68. The maximum absolute atomic E-state index is 13.8. The molecule has 1 unspecified atom stereocenters. The topological polar surface area (TPSA) is 17.8 Å². The molecule has 1 heterocycles. The molecular weight excluding hydrogens is 331 g/mol. The van der Waals surface area contributed by atoms with Gasteiger partial charge in [0.2, 0.25) is 0 Å². The third-order valence-electron chi connectivity index (χ3n) is 3.90. The van der Waals surface area contributed by atoms with Crippen molar-refractivity contribution in [2.75, 3.05) is 5.88 Å². The van der Waals surface area contributed by atoms with E-state index in [0.717, 1.165) is 23.3 Å². The smallest absolute Gasteiger partial charge is 0.139 e. The van der Waals surface area contributed by atoms with Crippen LogP contribution in [-0.4, -0.2) is 15.4 Å². The minimum absolute atomic E-state index is 0.246. The van der Waals surface area contributed by atoms with Gasteiger partial charge in [0.1, 0.15) is 11.6 Å². The molecule has 0 saturated heterocycles. The average Bonchev–Trinajstić information content (AvgIpc) is 2.80. The Morgan fingerprint density at radius 2 is 2.21 bits per heavy atom. The molecule has 1 atom stereocenters. The molecule has 0 aliphatic heterocycles. The molecule has 1 saturated carbocycles. The third kappa shape index (κ3) is 2.19. The summed E-state index contributed by atoms with van der Waals surface area (Å²) in [6.45, 7) is 4.45. The second-order valence-corrected chi connectivity index (χ2v) is 7.03. The second kappa shape index (κ2) is 4.45. The van der Waals surface area contributed by atoms with Gasteiger partial charge in [-0.05, 0) is 33.8 Å². The summed E-state index contributed by atoms with van der Waals surface area (Å²) >= 11 is 9.07. The van der Waals surface area contributed by atoms with Gasteiger partial charge in [-0.2, -0.15) is 0 Å². The van der Waals surface area contributed by atoms with Crippen molar-refractivity contribution in [1.82, 2.24) is 9.55 Å². The highest BCUT2D eigenvalue weighted by molar-refractivity contribution is 9.10. The lowest BCUT2D eigenvalue weighted by Gasteiger charge is -2.10. The SMILES string of the molecule is CC1(C)CC1n1c(CCCl)nc2cc(Br)c(F)cc21. The number of fused-ring (bicyclic) bond motifs is 1. The van der Waals surface area contributed by atoms with E-state index < -0.39 is 0 Å². The molecule has 2 aromatic rings. The van der Waals surface area contributed by atoms with Crippen LogP contribution in [0.2, 0.25) is 0 Å². The highest BCUT2D eigenvalue weighted by atomic mass is 79.9. The first kappa shape index (κ1) is 13.4. The molecule has 2 nitrogen and oxygen atoms in total. The van der Waals surface area contributed by atoms with E-state index >= 15 is 0 Å². The van der Waals surface area contributed by atoms with Crippen LogP contribution in [0.15, 0.2) is 16.6 Å². The maximum Gasteiger partial charge on any atom is 0.139 e. The number of halogens is 3. The van der Waals surface area contributed by atoms with Crippen LogP contribution in [0.5, 0.6) is 0 Å². The van der Waals surface area contributed by atoms with Gasteiger partial charge in [0, 0.05) is 24.4 Å². The predicted molar refractivity (Wildman–Crippen MR) is 79.3 cm³/mol. The van der Waals surface area contributed by atoms with Gasteiger partial charge in [0.15, 0.2) is 0 Å². The third-order valence-corrected chi connectivity index (χ3v) is 4.69. The zero-order valence-electron chi connectivity index (χ0n) is 10.9. The van der Waals surface area contributed by atoms with E-state index in [9.17, 15) is 4.39 Å². The molecule has 0 radical (unpaired) electrons. The Morgan fingerprint density at radius 1 is 1.53 bits per heavy atom. The van der Waals surface area contributed by atoms with Crippen LogP contribution in [-0.2, 0) is 6.42 Å². The Balaban J connectivity index is 2.21. The largest absolute Gasteiger partial charge is 0.324 e. The summed E-state index contributed by atoms with van der Waals surface area (Å²) in [7, 11) is 0. The van der Waals surface area contributed by atoms with Crippen molar-refractivity contribution < 1.29 is 4.39 Å². The van der Waals surface area contributed by atoms with Crippen LogP contribution >= 0.6 is 27.5 Å². The molecule has 1 aromatic heterocycles. The van der Waals surface area contributed by atoms with Gasteiger partial charge in [0.25, 0.3) is 0 Å². The lowest BCUT2D eigenvalue weighted by Crippen LogP contribution is -2.06. The van der Waals surface area contributed by atoms with Gasteiger partial charge in [-0.15, -0.1) is 11.6 Å². The van der Waals surface area contributed by atoms with Crippen molar-refractivity contribution in [3.05, 3.63) is 28.2 Å². The standard InChI is InChI=1S/C14H15BrClFN2/c1-14(2)7-12(14)19-11-6-9(17)8(15)5-10(11)18-13(19)3-4-16/h5-6,12H,3-4,7H2,1-2H3. The lowest BCUT2D eigenvalue weighted by molar-refractivity contribution is 0.536. The van der Waals surface area contributed by atoms with Gasteiger partial charge in [-0.1, -0.05) is 13.8 Å². The minimum Gasteiger partial charge on any atom is -0.324 e. The lowest BCUT2D eigenvalue weighted by atomic mass is 10.2. The Morgan fingerprint density at radius 3 is 2.79 bits per heavy atom. The molecule has 102 valence electrons. The number of benzene rings is 1. The first-order chi connectivity index (χ1) is 8.94. The van der Waals surface area contributed by atoms with Gasteiger partial charge >= 0.3 is 0 Å². The van der Waals surface area contributed by atoms with E-state index in [0.29, 0.717) is 22.8 Å². The van der Waals surface area contributed by atoms with Crippen LogP contribution in [0.4, 0.5) is 4.39 Å². The number of rotatable bonds is 3. The average molecular weight is 346 g/mol. The van der Waals surface area contributed by atoms with Crippen molar-refractivity contribution in [3.63, 3.8) is 0 Å². The second-order valence-electron chi connectivity index (χ2n) is 5.80. The maximum atomic E-state index is 13.8. The Kier molecular flexibility index (Phi) is 3.13. The summed E-state index contributed by atoms with van der Waals surface area (Å²) in [4.78, 5) is 4.61. The molecule has 19 heavy (non-hydrogen) atoms. The molecule has 0 amide bonds. The van der Waals surface area contributed by atoms with Crippen molar-refractivity contribution in [1.29, 1.82) is 0 Å². The van der Waals surface area contributed by atoms with Crippen molar-refractivity contribution >= 4 is 38.6 Å². The van der Waals surface area contributed by atoms with Crippen LogP contribution < -0.4 is 0 Å². The number of alkyl halides is 1. The zero-order valence-corrected chi connectivity index (χ0v) is 13.2. The van der Waals surface area contributed by atoms with E-state index in [2.05, 4.69) is 39.3 Å². The monoisotopic (exact) mass is 344 g/mol. The molecular formula is C14H15BrClFN2. The summed E-state index contributed by atoms with van der Waals surface area (Å²) in [5.41, 5.74) is 1.96. The summed E-state index contributed by atoms with van der Waals surface area (Å²) in [6.07, 6.45) is 1.81. The Bertz CT molecular complexity index is 650. The van der Waals surface area contributed by atoms with Crippen LogP contribution in [0.3, 0.4) is 0 Å². The number of hydrogen-bond acceptors (Lipinski definition) is 1. The predicted octanol–water partition coefficient (Wildman–Crippen LogP) is 4.69. The Labute approximate surface area is 125 Å². The summed E-state index contributed by atoms with van der Waals surface area (Å²) < 4.78 is 16.4. The molecule has 0 bridgehead atoms. The summed E-state index contributed by atoms with van der Waals surface area (Å²) in [5.74, 6) is 1.24. The molecule has 3 rings (SSSR count). The van der Waals surface area contributed by atoms with Gasteiger partial charge < -0.3 is 4.57 Å². The Hall–Kier alpha value is -0.610. The number of nitrogens with zero attached hydrogens (tertiary/aromatic N) is 2. The molecule has 1 aliphatic carbocycles. The van der Waals surface area contributed by atoms with Crippen LogP contribution in [0.25, 0.3) is 11.0 Å². The highest BCUT2D eigenvalue weighted by Gasteiger charge is 2.48. The molecule has 0 N–H and O–H groups in total. The van der Waals surface area contributed by atoms with Crippen molar-refractivity contribution in [3.8, 4) is 0 Å². The van der Waals surface area contributed by atoms with Crippen LogP contribution in [0, 0.1) is 11.2 Å². The zero-order chi connectivity index (χ0) is 13.8. The number of aryl methyl sites for hydroxylation is 1. The van der Waals surface area contributed by atoms with Crippen molar-refractivity contribution in [2.24, 2.45) is 5.41 Å². The molecule has 1 aliphatic rings.